The summed E-state index contributed by atoms with van der Waals surface area (Å²) in [4.78, 5) is 0. The number of aliphatic hydroxyl groups is 1. The Morgan fingerprint density at radius 3 is 2.24 bits per heavy atom. The molecule has 2 nitrogen and oxygen atoms in total. The van der Waals surface area contributed by atoms with Gasteiger partial charge in [-0.3, -0.25) is 0 Å². The Bertz CT molecular complexity index is 246. The second kappa shape index (κ2) is 4.89. The van der Waals surface area contributed by atoms with Gasteiger partial charge in [-0.2, -0.15) is 0 Å². The predicted octanol–water partition coefficient (Wildman–Crippen LogP) is 3.52. The number of hydrogen-bond acceptors (Lipinski definition) is 2. The van der Waals surface area contributed by atoms with Crippen LogP contribution in [0.15, 0.2) is 0 Å². The van der Waals surface area contributed by atoms with Gasteiger partial charge in [0.25, 0.3) is 0 Å². The molecule has 0 saturated heterocycles. The zero-order valence-electron chi connectivity index (χ0n) is 11.7. The van der Waals surface area contributed by atoms with Crippen LogP contribution in [0.4, 0.5) is 0 Å². The summed E-state index contributed by atoms with van der Waals surface area (Å²) in [5.41, 5.74) is 0.201. The molecule has 2 fully saturated rings. The molecule has 0 heterocycles. The van der Waals surface area contributed by atoms with E-state index in [1.807, 2.05) is 6.92 Å². The van der Waals surface area contributed by atoms with Crippen LogP contribution in [0.25, 0.3) is 0 Å². The maximum atomic E-state index is 10.5. The van der Waals surface area contributed by atoms with Gasteiger partial charge in [-0.1, -0.05) is 26.7 Å². The van der Waals surface area contributed by atoms with E-state index < -0.39 is 0 Å². The van der Waals surface area contributed by atoms with E-state index >= 15 is 0 Å². The molecule has 100 valence electrons. The van der Waals surface area contributed by atoms with Gasteiger partial charge >= 0.3 is 0 Å². The minimum Gasteiger partial charge on any atom is -0.390 e. The quantitative estimate of drug-likeness (QED) is 0.796. The normalized spacial score (nSPS) is 28.9. The summed E-state index contributed by atoms with van der Waals surface area (Å²) in [6.45, 7) is 7.43. The molecule has 2 heteroatoms. The third-order valence-electron chi connectivity index (χ3n) is 4.74. The lowest BCUT2D eigenvalue weighted by molar-refractivity contribution is -0.154. The smallest absolute Gasteiger partial charge is 0.0940 e. The van der Waals surface area contributed by atoms with Crippen LogP contribution < -0.4 is 0 Å². The average molecular weight is 240 g/mol. The summed E-state index contributed by atoms with van der Waals surface area (Å²) in [6, 6.07) is 0. The largest absolute Gasteiger partial charge is 0.390 e. The highest BCUT2D eigenvalue weighted by Gasteiger charge is 2.45. The van der Waals surface area contributed by atoms with E-state index in [4.69, 9.17) is 4.74 Å². The highest BCUT2D eigenvalue weighted by Crippen LogP contribution is 2.46. The van der Waals surface area contributed by atoms with Gasteiger partial charge < -0.3 is 9.84 Å². The average Bonchev–Trinajstić information content (AvgIpc) is 3.06. The van der Waals surface area contributed by atoms with E-state index in [-0.39, 0.29) is 11.7 Å². The number of ether oxygens (including phenoxy) is 1. The Morgan fingerprint density at radius 1 is 1.18 bits per heavy atom. The van der Waals surface area contributed by atoms with Crippen LogP contribution in [0, 0.1) is 11.3 Å². The van der Waals surface area contributed by atoms with Crippen LogP contribution >= 0.6 is 0 Å². The van der Waals surface area contributed by atoms with Crippen LogP contribution in [-0.4, -0.2) is 23.4 Å². The molecule has 1 unspecified atom stereocenters. The maximum absolute atomic E-state index is 10.5. The van der Waals surface area contributed by atoms with E-state index in [1.165, 1.54) is 25.7 Å². The van der Waals surface area contributed by atoms with Crippen molar-refractivity contribution >= 4 is 0 Å². The predicted molar refractivity (Wildman–Crippen MR) is 70.0 cm³/mol. The highest BCUT2D eigenvalue weighted by atomic mass is 16.5. The van der Waals surface area contributed by atoms with Crippen molar-refractivity contribution in [2.75, 3.05) is 6.61 Å². The molecule has 2 rings (SSSR count). The van der Waals surface area contributed by atoms with E-state index in [2.05, 4.69) is 13.8 Å². The Hall–Kier alpha value is -0.0800. The lowest BCUT2D eigenvalue weighted by Gasteiger charge is -2.46. The molecule has 0 aromatic carbocycles. The van der Waals surface area contributed by atoms with Gasteiger partial charge in [-0.25, -0.2) is 0 Å². The molecular formula is C15H28O2. The first-order chi connectivity index (χ1) is 7.97. The van der Waals surface area contributed by atoms with Crippen molar-refractivity contribution < 1.29 is 9.84 Å². The van der Waals surface area contributed by atoms with Crippen molar-refractivity contribution in [3.8, 4) is 0 Å². The summed E-state index contributed by atoms with van der Waals surface area (Å²) in [7, 11) is 0. The minimum atomic E-state index is -0.244. The Kier molecular flexibility index (Phi) is 3.84. The van der Waals surface area contributed by atoms with Gasteiger partial charge in [0.1, 0.15) is 0 Å². The summed E-state index contributed by atoms with van der Waals surface area (Å²) in [5, 5.41) is 10.5. The van der Waals surface area contributed by atoms with E-state index in [1.54, 1.807) is 0 Å². The molecular weight excluding hydrogens is 212 g/mol. The first-order valence-electron chi connectivity index (χ1n) is 7.29. The van der Waals surface area contributed by atoms with Gasteiger partial charge in [-0.05, 0) is 50.4 Å². The molecule has 1 atom stereocenters. The molecule has 0 amide bonds. The Morgan fingerprint density at radius 2 is 1.76 bits per heavy atom. The first-order valence-corrected chi connectivity index (χ1v) is 7.29. The Balaban J connectivity index is 1.98. The summed E-state index contributed by atoms with van der Waals surface area (Å²) < 4.78 is 6.00. The van der Waals surface area contributed by atoms with Gasteiger partial charge in [0.2, 0.25) is 0 Å². The standard InChI is InChI=1S/C15H28O2/c1-4-17-15(13(16)11-12-5-6-12)9-7-14(2,3)8-10-15/h12-13,16H,4-11H2,1-3H3. The second-order valence-corrected chi connectivity index (χ2v) is 6.86. The maximum Gasteiger partial charge on any atom is 0.0940 e. The van der Waals surface area contributed by atoms with Crippen LogP contribution in [0.2, 0.25) is 0 Å². The zero-order valence-corrected chi connectivity index (χ0v) is 11.7. The summed E-state index contributed by atoms with van der Waals surface area (Å²) in [5.74, 6) is 0.775. The fraction of sp³-hybridized carbons (Fsp3) is 1.00. The molecule has 2 saturated carbocycles. The number of rotatable bonds is 5. The van der Waals surface area contributed by atoms with Gasteiger partial charge in [-0.15, -0.1) is 0 Å². The topological polar surface area (TPSA) is 29.5 Å². The third kappa shape index (κ3) is 3.23. The SMILES string of the molecule is CCOC1(C(O)CC2CC2)CCC(C)(C)CC1. The van der Waals surface area contributed by atoms with Crippen molar-refractivity contribution in [3.63, 3.8) is 0 Å². The third-order valence-corrected chi connectivity index (χ3v) is 4.74. The molecule has 1 N–H and O–H groups in total. The van der Waals surface area contributed by atoms with Crippen LogP contribution in [-0.2, 0) is 4.74 Å². The molecule has 0 spiro atoms. The zero-order chi connectivity index (χ0) is 12.5. The molecule has 0 aromatic heterocycles. The number of hydrogen-bond donors (Lipinski definition) is 1. The van der Waals surface area contributed by atoms with Crippen molar-refractivity contribution in [2.45, 2.75) is 77.4 Å². The molecule has 0 radical (unpaired) electrons. The van der Waals surface area contributed by atoms with Gasteiger partial charge in [0, 0.05) is 6.61 Å². The first kappa shape index (κ1) is 13.4. The highest BCUT2D eigenvalue weighted by molar-refractivity contribution is 4.97. The lowest BCUT2D eigenvalue weighted by Crippen LogP contribution is -2.49. The van der Waals surface area contributed by atoms with Crippen molar-refractivity contribution in [2.24, 2.45) is 11.3 Å². The van der Waals surface area contributed by atoms with E-state index in [0.717, 1.165) is 31.8 Å². The van der Waals surface area contributed by atoms with E-state index in [0.29, 0.717) is 5.41 Å². The number of aliphatic hydroxyl groups excluding tert-OH is 1. The molecule has 2 aliphatic carbocycles. The van der Waals surface area contributed by atoms with E-state index in [9.17, 15) is 5.11 Å². The van der Waals surface area contributed by atoms with Gasteiger partial charge in [0.05, 0.1) is 11.7 Å². The van der Waals surface area contributed by atoms with Crippen molar-refractivity contribution in [1.82, 2.24) is 0 Å². The molecule has 0 aliphatic heterocycles. The monoisotopic (exact) mass is 240 g/mol. The van der Waals surface area contributed by atoms with Crippen molar-refractivity contribution in [3.05, 3.63) is 0 Å². The van der Waals surface area contributed by atoms with Crippen LogP contribution in [0.3, 0.4) is 0 Å². The second-order valence-electron chi connectivity index (χ2n) is 6.86. The summed E-state index contributed by atoms with van der Waals surface area (Å²) in [6.07, 6.45) is 7.74. The lowest BCUT2D eigenvalue weighted by atomic mass is 9.68. The fourth-order valence-electron chi connectivity index (χ4n) is 3.10. The molecule has 0 bridgehead atoms. The fourth-order valence-corrected chi connectivity index (χ4v) is 3.10. The van der Waals surface area contributed by atoms with Gasteiger partial charge in [0.15, 0.2) is 0 Å². The van der Waals surface area contributed by atoms with Crippen LogP contribution in [0.1, 0.15) is 65.7 Å². The minimum absolute atomic E-state index is 0.229. The molecule has 17 heavy (non-hydrogen) atoms. The van der Waals surface area contributed by atoms with Crippen molar-refractivity contribution in [1.29, 1.82) is 0 Å². The summed E-state index contributed by atoms with van der Waals surface area (Å²) >= 11 is 0. The molecule has 0 aromatic rings. The van der Waals surface area contributed by atoms with Crippen LogP contribution in [0.5, 0.6) is 0 Å². The molecule has 2 aliphatic rings. The Labute approximate surface area is 106 Å².